The normalized spacial score (nSPS) is 19.4. The molecule has 0 radical (unpaired) electrons. The number of hydrogen-bond donors (Lipinski definition) is 1. The number of para-hydroxylation sites is 1. The first-order chi connectivity index (χ1) is 10.2. The lowest BCUT2D eigenvalue weighted by molar-refractivity contribution is 0.0373. The van der Waals surface area contributed by atoms with E-state index in [0.717, 1.165) is 30.8 Å². The van der Waals surface area contributed by atoms with Crippen LogP contribution >= 0.6 is 0 Å². The number of hydrogen-bond acceptors (Lipinski definition) is 2. The third-order valence-electron chi connectivity index (χ3n) is 4.87. The molecular weight excluding hydrogens is 264 g/mol. The van der Waals surface area contributed by atoms with Gasteiger partial charge in [0.15, 0.2) is 0 Å². The number of carbonyl (C=O) groups excluding carboxylic acids is 1. The van der Waals surface area contributed by atoms with E-state index in [-0.39, 0.29) is 6.03 Å². The molecule has 1 aliphatic heterocycles. The van der Waals surface area contributed by atoms with E-state index in [2.05, 4.69) is 5.32 Å². The van der Waals surface area contributed by atoms with Gasteiger partial charge in [-0.3, -0.25) is 0 Å². The van der Waals surface area contributed by atoms with Crippen LogP contribution in [0.4, 0.5) is 4.79 Å². The first kappa shape index (κ1) is 14.2. The SMILES string of the molecule is COc1ccccc1CCNC(=O)N1CC2(CCCC2)C1. The Morgan fingerprint density at radius 3 is 2.71 bits per heavy atom. The molecule has 1 heterocycles. The number of ether oxygens (including phenoxy) is 1. The summed E-state index contributed by atoms with van der Waals surface area (Å²) >= 11 is 0. The predicted molar refractivity (Wildman–Crippen MR) is 82.6 cm³/mol. The summed E-state index contributed by atoms with van der Waals surface area (Å²) in [5.74, 6) is 0.889. The molecule has 2 amide bonds. The maximum Gasteiger partial charge on any atom is 0.317 e. The van der Waals surface area contributed by atoms with E-state index in [4.69, 9.17) is 4.74 Å². The second kappa shape index (κ2) is 5.96. The molecule has 1 N–H and O–H groups in total. The van der Waals surface area contributed by atoms with Crippen LogP contribution < -0.4 is 10.1 Å². The zero-order chi connectivity index (χ0) is 14.7. The number of nitrogens with one attached hydrogen (secondary N) is 1. The van der Waals surface area contributed by atoms with Crippen LogP contribution in [0.25, 0.3) is 0 Å². The van der Waals surface area contributed by atoms with E-state index in [1.54, 1.807) is 7.11 Å². The smallest absolute Gasteiger partial charge is 0.317 e. The molecule has 3 rings (SSSR count). The number of amides is 2. The van der Waals surface area contributed by atoms with Crippen LogP contribution in [0.15, 0.2) is 24.3 Å². The molecular formula is C17H24N2O2. The van der Waals surface area contributed by atoms with E-state index in [0.29, 0.717) is 12.0 Å². The van der Waals surface area contributed by atoms with Gasteiger partial charge >= 0.3 is 6.03 Å². The zero-order valence-corrected chi connectivity index (χ0v) is 12.7. The topological polar surface area (TPSA) is 41.6 Å². The van der Waals surface area contributed by atoms with Crippen LogP contribution in [-0.4, -0.2) is 37.7 Å². The summed E-state index contributed by atoms with van der Waals surface area (Å²) in [6, 6.07) is 8.04. The van der Waals surface area contributed by atoms with Gasteiger partial charge in [0.2, 0.25) is 0 Å². The van der Waals surface area contributed by atoms with Gasteiger partial charge in [-0.1, -0.05) is 31.0 Å². The molecule has 4 heteroatoms. The molecule has 0 unspecified atom stereocenters. The van der Waals surface area contributed by atoms with Crippen LogP contribution in [0.5, 0.6) is 5.75 Å². The minimum atomic E-state index is 0.0856. The molecule has 1 saturated heterocycles. The Labute approximate surface area is 126 Å². The van der Waals surface area contributed by atoms with Crippen molar-refractivity contribution in [1.29, 1.82) is 0 Å². The Kier molecular flexibility index (Phi) is 4.04. The second-order valence-electron chi connectivity index (χ2n) is 6.36. The molecule has 21 heavy (non-hydrogen) atoms. The molecule has 1 aromatic carbocycles. The van der Waals surface area contributed by atoms with Crippen molar-refractivity contribution >= 4 is 6.03 Å². The van der Waals surface area contributed by atoms with E-state index in [9.17, 15) is 4.79 Å². The second-order valence-corrected chi connectivity index (χ2v) is 6.36. The molecule has 1 aromatic rings. The van der Waals surface area contributed by atoms with Gasteiger partial charge < -0.3 is 15.0 Å². The number of nitrogens with zero attached hydrogens (tertiary/aromatic N) is 1. The van der Waals surface area contributed by atoms with Crippen LogP contribution in [-0.2, 0) is 6.42 Å². The minimum absolute atomic E-state index is 0.0856. The first-order valence-corrected chi connectivity index (χ1v) is 7.87. The fourth-order valence-corrected chi connectivity index (χ4v) is 3.67. The zero-order valence-electron chi connectivity index (χ0n) is 12.7. The molecule has 1 aliphatic carbocycles. The Balaban J connectivity index is 1.42. The van der Waals surface area contributed by atoms with E-state index < -0.39 is 0 Å². The standard InChI is InChI=1S/C17H24N2O2/c1-21-15-7-3-2-6-14(15)8-11-18-16(20)19-12-17(13-19)9-4-5-10-17/h2-3,6-7H,4-5,8-13H2,1H3,(H,18,20). The quantitative estimate of drug-likeness (QED) is 0.925. The van der Waals surface area contributed by atoms with E-state index in [1.807, 2.05) is 29.2 Å². The van der Waals surface area contributed by atoms with Crippen LogP contribution in [0.3, 0.4) is 0 Å². The highest BCUT2D eigenvalue weighted by atomic mass is 16.5. The van der Waals surface area contributed by atoms with Gasteiger partial charge in [-0.25, -0.2) is 4.79 Å². The maximum atomic E-state index is 12.1. The van der Waals surface area contributed by atoms with Crippen molar-refractivity contribution in [3.63, 3.8) is 0 Å². The number of urea groups is 1. The first-order valence-electron chi connectivity index (χ1n) is 7.87. The van der Waals surface area contributed by atoms with Crippen molar-refractivity contribution in [3.05, 3.63) is 29.8 Å². The van der Waals surface area contributed by atoms with Gasteiger partial charge in [0, 0.05) is 25.0 Å². The van der Waals surface area contributed by atoms with Crippen LogP contribution in [0.2, 0.25) is 0 Å². The highest BCUT2D eigenvalue weighted by Crippen LogP contribution is 2.45. The Morgan fingerprint density at radius 2 is 2.00 bits per heavy atom. The molecule has 4 nitrogen and oxygen atoms in total. The van der Waals surface area contributed by atoms with E-state index in [1.165, 1.54) is 25.7 Å². The minimum Gasteiger partial charge on any atom is -0.496 e. The molecule has 0 bridgehead atoms. The molecule has 1 saturated carbocycles. The number of methoxy groups -OCH3 is 1. The van der Waals surface area contributed by atoms with Gasteiger partial charge in [-0.15, -0.1) is 0 Å². The summed E-state index contributed by atoms with van der Waals surface area (Å²) in [6.45, 7) is 2.56. The molecule has 114 valence electrons. The van der Waals surface area contributed by atoms with Gasteiger partial charge in [0.1, 0.15) is 5.75 Å². The summed E-state index contributed by atoms with van der Waals surface area (Å²) in [7, 11) is 1.68. The predicted octanol–water partition coefficient (Wildman–Crippen LogP) is 2.82. The molecule has 0 aromatic heterocycles. The fraction of sp³-hybridized carbons (Fsp3) is 0.588. The van der Waals surface area contributed by atoms with Crippen molar-refractivity contribution in [2.24, 2.45) is 5.41 Å². The van der Waals surface area contributed by atoms with Crippen molar-refractivity contribution in [1.82, 2.24) is 10.2 Å². The lowest BCUT2D eigenvalue weighted by atomic mass is 9.78. The van der Waals surface area contributed by atoms with Gasteiger partial charge in [0.05, 0.1) is 7.11 Å². The Hall–Kier alpha value is -1.71. The summed E-state index contributed by atoms with van der Waals surface area (Å²) in [4.78, 5) is 14.0. The summed E-state index contributed by atoms with van der Waals surface area (Å²) < 4.78 is 5.32. The molecule has 2 aliphatic rings. The van der Waals surface area contributed by atoms with Crippen molar-refractivity contribution in [2.45, 2.75) is 32.1 Å². The number of likely N-dealkylation sites (tertiary alicyclic amines) is 1. The van der Waals surface area contributed by atoms with Crippen LogP contribution in [0.1, 0.15) is 31.2 Å². The van der Waals surface area contributed by atoms with Crippen LogP contribution in [0, 0.1) is 5.41 Å². The van der Waals surface area contributed by atoms with Crippen molar-refractivity contribution < 1.29 is 9.53 Å². The Bertz CT molecular complexity index is 501. The third-order valence-corrected chi connectivity index (χ3v) is 4.87. The van der Waals surface area contributed by atoms with E-state index >= 15 is 0 Å². The highest BCUT2D eigenvalue weighted by Gasteiger charge is 2.46. The van der Waals surface area contributed by atoms with Gasteiger partial charge in [-0.05, 0) is 30.9 Å². The lowest BCUT2D eigenvalue weighted by Crippen LogP contribution is -2.59. The summed E-state index contributed by atoms with van der Waals surface area (Å²) in [6.07, 6.45) is 6.08. The lowest BCUT2D eigenvalue weighted by Gasteiger charge is -2.48. The van der Waals surface area contributed by atoms with Gasteiger partial charge in [-0.2, -0.15) is 0 Å². The monoisotopic (exact) mass is 288 g/mol. The van der Waals surface area contributed by atoms with Gasteiger partial charge in [0.25, 0.3) is 0 Å². The maximum absolute atomic E-state index is 12.1. The Morgan fingerprint density at radius 1 is 1.29 bits per heavy atom. The third kappa shape index (κ3) is 2.99. The molecule has 1 spiro atoms. The number of rotatable bonds is 4. The largest absolute Gasteiger partial charge is 0.496 e. The average Bonchev–Trinajstić information content (AvgIpc) is 2.96. The molecule has 2 fully saturated rings. The molecule has 0 atom stereocenters. The summed E-state index contributed by atoms with van der Waals surface area (Å²) in [5.41, 5.74) is 1.61. The fourth-order valence-electron chi connectivity index (χ4n) is 3.67. The number of benzene rings is 1. The van der Waals surface area contributed by atoms with Crippen molar-refractivity contribution in [3.8, 4) is 5.75 Å². The van der Waals surface area contributed by atoms with Crippen molar-refractivity contribution in [2.75, 3.05) is 26.7 Å². The average molecular weight is 288 g/mol. The summed E-state index contributed by atoms with van der Waals surface area (Å²) in [5, 5.41) is 3.02. The number of carbonyl (C=O) groups is 1. The highest BCUT2D eigenvalue weighted by molar-refractivity contribution is 5.75.